The maximum Gasteiger partial charge on any atom is 0.179 e. The fourth-order valence-electron chi connectivity index (χ4n) is 1.07. The Hall–Kier alpha value is -1.54. The minimum Gasteiger partial charge on any atom is -0.377 e. The van der Waals surface area contributed by atoms with E-state index in [2.05, 4.69) is 0 Å². The highest BCUT2D eigenvalue weighted by atomic mass is 19.2. The Bertz CT molecular complexity index is 412. The summed E-state index contributed by atoms with van der Waals surface area (Å²) in [5.74, 6) is -3.78. The molecule has 0 aromatic heterocycles. The van der Waals surface area contributed by atoms with E-state index in [1.165, 1.54) is 6.07 Å². The third-order valence-corrected chi connectivity index (χ3v) is 1.81. The maximum atomic E-state index is 13.3. The van der Waals surface area contributed by atoms with Crippen LogP contribution in [0.1, 0.15) is 18.1 Å². The molecule has 0 atom stereocenters. The van der Waals surface area contributed by atoms with E-state index >= 15 is 0 Å². The van der Waals surface area contributed by atoms with Crippen LogP contribution in [0.2, 0.25) is 0 Å². The van der Waals surface area contributed by atoms with Crippen LogP contribution in [0.25, 0.3) is 0 Å². The lowest BCUT2D eigenvalue weighted by Crippen LogP contribution is -2.03. The fourth-order valence-corrected chi connectivity index (χ4v) is 1.07. The van der Waals surface area contributed by atoms with Gasteiger partial charge in [-0.2, -0.15) is 5.26 Å². The lowest BCUT2D eigenvalue weighted by atomic mass is 10.1. The number of nitrogens with zero attached hydrogens (tertiary/aromatic N) is 1. The van der Waals surface area contributed by atoms with E-state index in [0.717, 1.165) is 0 Å². The van der Waals surface area contributed by atoms with Crippen LogP contribution in [0, 0.1) is 28.8 Å². The van der Waals surface area contributed by atoms with Crippen LogP contribution in [0.4, 0.5) is 13.2 Å². The molecule has 0 bridgehead atoms. The molecule has 80 valence electrons. The molecule has 0 heterocycles. The Kier molecular flexibility index (Phi) is 3.69. The molecule has 0 fully saturated rings. The lowest BCUT2D eigenvalue weighted by Gasteiger charge is -2.06. The van der Waals surface area contributed by atoms with Gasteiger partial charge in [0.25, 0.3) is 0 Å². The van der Waals surface area contributed by atoms with Gasteiger partial charge in [0.2, 0.25) is 0 Å². The quantitative estimate of drug-likeness (QED) is 0.726. The van der Waals surface area contributed by atoms with Crippen LogP contribution < -0.4 is 0 Å². The predicted molar refractivity (Wildman–Crippen MR) is 46.4 cm³/mol. The molecule has 0 radical (unpaired) electrons. The van der Waals surface area contributed by atoms with Gasteiger partial charge in [-0.3, -0.25) is 0 Å². The molecule has 0 unspecified atom stereocenters. The number of hydrogen-bond acceptors (Lipinski definition) is 2. The maximum absolute atomic E-state index is 13.3. The van der Waals surface area contributed by atoms with Crippen LogP contribution in [0.5, 0.6) is 0 Å². The number of nitriles is 1. The highest BCUT2D eigenvalue weighted by molar-refractivity contribution is 5.37. The molecule has 0 aliphatic rings. The molecular weight excluding hydrogens is 207 g/mol. The topological polar surface area (TPSA) is 33.0 Å². The van der Waals surface area contributed by atoms with Crippen LogP contribution in [0.15, 0.2) is 6.07 Å². The van der Waals surface area contributed by atoms with Crippen molar-refractivity contribution in [2.75, 3.05) is 6.61 Å². The Morgan fingerprint density at radius 1 is 1.33 bits per heavy atom. The van der Waals surface area contributed by atoms with Gasteiger partial charge in [0.15, 0.2) is 11.6 Å². The first-order chi connectivity index (χ1) is 7.11. The van der Waals surface area contributed by atoms with E-state index in [9.17, 15) is 13.2 Å². The van der Waals surface area contributed by atoms with Crippen molar-refractivity contribution < 1.29 is 17.9 Å². The molecule has 0 saturated heterocycles. The second-order valence-electron chi connectivity index (χ2n) is 2.77. The second kappa shape index (κ2) is 4.80. The zero-order valence-electron chi connectivity index (χ0n) is 7.98. The molecule has 0 aliphatic heterocycles. The molecular formula is C10H8F3NO. The van der Waals surface area contributed by atoms with Crippen molar-refractivity contribution in [2.45, 2.75) is 13.5 Å². The molecule has 1 rings (SSSR count). The van der Waals surface area contributed by atoms with Gasteiger partial charge in [-0.25, -0.2) is 13.2 Å². The standard InChI is InChI=1S/C10H8F3NO/c1-2-15-5-6-3-8(11)10(13)7(4-14)9(6)12/h3H,2,5H2,1H3. The number of rotatable bonds is 3. The first-order valence-corrected chi connectivity index (χ1v) is 4.26. The minimum absolute atomic E-state index is 0.160. The van der Waals surface area contributed by atoms with E-state index in [-0.39, 0.29) is 12.2 Å². The number of hydrogen-bond donors (Lipinski definition) is 0. The van der Waals surface area contributed by atoms with Crippen molar-refractivity contribution in [3.05, 3.63) is 34.6 Å². The molecule has 5 heteroatoms. The molecule has 1 aromatic carbocycles. The summed E-state index contributed by atoms with van der Waals surface area (Å²) in [5, 5.41) is 8.44. The summed E-state index contributed by atoms with van der Waals surface area (Å²) in [6, 6.07) is 1.97. The first-order valence-electron chi connectivity index (χ1n) is 4.26. The minimum atomic E-state index is -1.46. The van der Waals surface area contributed by atoms with Crippen molar-refractivity contribution in [1.82, 2.24) is 0 Å². The number of ether oxygens (including phenoxy) is 1. The van der Waals surface area contributed by atoms with Crippen molar-refractivity contribution in [2.24, 2.45) is 0 Å². The van der Waals surface area contributed by atoms with E-state index in [1.54, 1.807) is 6.92 Å². The summed E-state index contributed by atoms with van der Waals surface area (Å²) >= 11 is 0. The summed E-state index contributed by atoms with van der Waals surface area (Å²) < 4.78 is 44.0. The van der Waals surface area contributed by atoms with Gasteiger partial charge in [0.1, 0.15) is 17.4 Å². The SMILES string of the molecule is CCOCc1cc(F)c(F)c(C#N)c1F. The van der Waals surface area contributed by atoms with Gasteiger partial charge in [0.05, 0.1) is 6.61 Å². The average Bonchev–Trinajstić information content (AvgIpc) is 2.22. The third-order valence-electron chi connectivity index (χ3n) is 1.81. The van der Waals surface area contributed by atoms with Crippen LogP contribution >= 0.6 is 0 Å². The Morgan fingerprint density at radius 2 is 2.00 bits per heavy atom. The van der Waals surface area contributed by atoms with Crippen molar-refractivity contribution in [3.8, 4) is 6.07 Å². The van der Waals surface area contributed by atoms with Gasteiger partial charge in [-0.05, 0) is 13.0 Å². The smallest absolute Gasteiger partial charge is 0.179 e. The molecule has 2 nitrogen and oxygen atoms in total. The Morgan fingerprint density at radius 3 is 2.53 bits per heavy atom. The van der Waals surface area contributed by atoms with Gasteiger partial charge in [0, 0.05) is 12.2 Å². The Balaban J connectivity index is 3.20. The van der Waals surface area contributed by atoms with E-state index in [4.69, 9.17) is 10.00 Å². The van der Waals surface area contributed by atoms with Crippen LogP contribution in [-0.4, -0.2) is 6.61 Å². The molecule has 0 spiro atoms. The van der Waals surface area contributed by atoms with Crippen LogP contribution in [-0.2, 0) is 11.3 Å². The number of halogens is 3. The average molecular weight is 215 g/mol. The zero-order valence-corrected chi connectivity index (χ0v) is 7.98. The monoisotopic (exact) mass is 215 g/mol. The molecule has 0 amide bonds. The third kappa shape index (κ3) is 2.28. The summed E-state index contributed by atoms with van der Waals surface area (Å²) in [4.78, 5) is 0. The van der Waals surface area contributed by atoms with Gasteiger partial charge < -0.3 is 4.74 Å². The molecule has 0 N–H and O–H groups in total. The van der Waals surface area contributed by atoms with Gasteiger partial charge in [-0.1, -0.05) is 0 Å². The fraction of sp³-hybridized carbons (Fsp3) is 0.300. The first kappa shape index (κ1) is 11.5. The summed E-state index contributed by atoms with van der Waals surface area (Å²) in [6.07, 6.45) is 0. The lowest BCUT2D eigenvalue weighted by molar-refractivity contribution is 0.131. The summed E-state index contributed by atoms with van der Waals surface area (Å²) in [5.41, 5.74) is -1.07. The highest BCUT2D eigenvalue weighted by Crippen LogP contribution is 2.20. The molecule has 1 aromatic rings. The van der Waals surface area contributed by atoms with Crippen molar-refractivity contribution >= 4 is 0 Å². The highest BCUT2D eigenvalue weighted by Gasteiger charge is 2.18. The number of benzene rings is 1. The summed E-state index contributed by atoms with van der Waals surface area (Å²) in [6.45, 7) is 1.82. The predicted octanol–water partition coefficient (Wildman–Crippen LogP) is 2.51. The zero-order chi connectivity index (χ0) is 11.4. The second-order valence-corrected chi connectivity index (χ2v) is 2.77. The molecule has 0 saturated carbocycles. The van der Waals surface area contributed by atoms with Gasteiger partial charge >= 0.3 is 0 Å². The largest absolute Gasteiger partial charge is 0.377 e. The van der Waals surface area contributed by atoms with E-state index in [1.807, 2.05) is 0 Å². The molecule has 0 aliphatic carbocycles. The van der Waals surface area contributed by atoms with Crippen molar-refractivity contribution in [1.29, 1.82) is 5.26 Å². The van der Waals surface area contributed by atoms with E-state index in [0.29, 0.717) is 12.7 Å². The Labute approximate surface area is 84.9 Å². The van der Waals surface area contributed by atoms with Crippen molar-refractivity contribution in [3.63, 3.8) is 0 Å². The normalized spacial score (nSPS) is 10.1. The molecule has 15 heavy (non-hydrogen) atoms. The van der Waals surface area contributed by atoms with Gasteiger partial charge in [-0.15, -0.1) is 0 Å². The summed E-state index contributed by atoms with van der Waals surface area (Å²) in [7, 11) is 0. The van der Waals surface area contributed by atoms with E-state index < -0.39 is 23.0 Å². The van der Waals surface area contributed by atoms with Crippen LogP contribution in [0.3, 0.4) is 0 Å².